The number of carbonyl (C=O) groups is 1. The van der Waals surface area contributed by atoms with E-state index in [9.17, 15) is 4.79 Å². The molecule has 1 amide bonds. The standard InChI is InChI=1S/C27H38N4O2/c1-17-16-28-23(29-17)24(32)31-21-9-8-20(19-14-26(4,5)33-27(6,7)15-19)30-22(21)18-10-12-25(2,3)13-11-18/h8-10,16,19H,11-15H2,1-7H3,(H,28,29)(H,31,32)/i10D,11D2,12D. The first kappa shape index (κ1) is 18.9. The molecule has 2 aromatic rings. The van der Waals surface area contributed by atoms with Crippen molar-refractivity contribution in [1.82, 2.24) is 15.0 Å². The van der Waals surface area contributed by atoms with Crippen molar-refractivity contribution in [3.63, 3.8) is 0 Å². The fraction of sp³-hybridized carbons (Fsp3) is 0.593. The van der Waals surface area contributed by atoms with Crippen LogP contribution in [0.5, 0.6) is 0 Å². The molecule has 1 fully saturated rings. The van der Waals surface area contributed by atoms with Crippen LogP contribution in [0.15, 0.2) is 24.4 Å². The van der Waals surface area contributed by atoms with Crippen molar-refractivity contribution in [1.29, 1.82) is 0 Å². The quantitative estimate of drug-likeness (QED) is 0.559. The molecule has 1 unspecified atom stereocenters. The van der Waals surface area contributed by atoms with Crippen LogP contribution in [0.3, 0.4) is 0 Å². The molecule has 3 heterocycles. The zero-order chi connectivity index (χ0) is 27.6. The van der Waals surface area contributed by atoms with Gasteiger partial charge in [-0.1, -0.05) is 19.9 Å². The molecule has 1 aliphatic carbocycles. The van der Waals surface area contributed by atoms with Crippen LogP contribution >= 0.6 is 0 Å². The van der Waals surface area contributed by atoms with E-state index in [0.29, 0.717) is 5.69 Å². The molecule has 0 spiro atoms. The molecule has 0 saturated carbocycles. The van der Waals surface area contributed by atoms with E-state index in [-0.39, 0.29) is 46.7 Å². The van der Waals surface area contributed by atoms with Gasteiger partial charge >= 0.3 is 0 Å². The molecule has 4 rings (SSSR count). The van der Waals surface area contributed by atoms with Gasteiger partial charge in [0.2, 0.25) is 0 Å². The molecule has 33 heavy (non-hydrogen) atoms. The van der Waals surface area contributed by atoms with E-state index >= 15 is 0 Å². The average Bonchev–Trinajstić information content (AvgIpc) is 3.16. The maximum Gasteiger partial charge on any atom is 0.291 e. The van der Waals surface area contributed by atoms with Crippen molar-refractivity contribution < 1.29 is 15.0 Å². The number of allylic oxidation sites excluding steroid dienone is 2. The second-order valence-electron chi connectivity index (χ2n) is 11.2. The molecule has 0 bridgehead atoms. The zero-order valence-corrected chi connectivity index (χ0v) is 20.7. The van der Waals surface area contributed by atoms with Crippen LogP contribution in [-0.2, 0) is 4.74 Å². The number of aryl methyl sites for hydroxylation is 1. The summed E-state index contributed by atoms with van der Waals surface area (Å²) in [6.45, 7) is 13.6. The number of imidazole rings is 1. The minimum atomic E-state index is -1.90. The Kier molecular flexibility index (Phi) is 4.80. The molecule has 0 aromatic carbocycles. The smallest absolute Gasteiger partial charge is 0.291 e. The molecule has 2 N–H and O–H groups in total. The summed E-state index contributed by atoms with van der Waals surface area (Å²) < 4.78 is 41.6. The molecule has 2 aliphatic rings. The van der Waals surface area contributed by atoms with Gasteiger partial charge in [-0.2, -0.15) is 0 Å². The molecule has 6 heteroatoms. The number of H-pyrrole nitrogens is 1. The van der Waals surface area contributed by atoms with Crippen molar-refractivity contribution in [3.8, 4) is 0 Å². The van der Waals surface area contributed by atoms with Gasteiger partial charge in [0.15, 0.2) is 5.82 Å². The number of aromatic nitrogens is 3. The lowest BCUT2D eigenvalue weighted by atomic mass is 9.77. The van der Waals surface area contributed by atoms with Crippen LogP contribution in [0.1, 0.15) is 113 Å². The van der Waals surface area contributed by atoms with E-state index in [1.54, 1.807) is 19.2 Å². The lowest BCUT2D eigenvalue weighted by molar-refractivity contribution is -0.162. The van der Waals surface area contributed by atoms with Gasteiger partial charge in [0, 0.05) is 27.6 Å². The number of nitrogens with zero attached hydrogens (tertiary/aromatic N) is 2. The fourth-order valence-corrected chi connectivity index (χ4v) is 4.84. The molecule has 6 nitrogen and oxygen atoms in total. The number of pyridine rings is 1. The number of hydrogen-bond acceptors (Lipinski definition) is 4. The Morgan fingerprint density at radius 3 is 2.55 bits per heavy atom. The minimum absolute atomic E-state index is 0.0439. The summed E-state index contributed by atoms with van der Waals surface area (Å²) >= 11 is 0. The third-order valence-corrected chi connectivity index (χ3v) is 6.09. The first-order chi connectivity index (χ1) is 16.9. The summed E-state index contributed by atoms with van der Waals surface area (Å²) in [4.78, 5) is 24.9. The molecule has 1 saturated heterocycles. The van der Waals surface area contributed by atoms with Gasteiger partial charge in [0.25, 0.3) is 5.91 Å². The van der Waals surface area contributed by atoms with Crippen LogP contribution in [0.2, 0.25) is 0 Å². The van der Waals surface area contributed by atoms with Gasteiger partial charge in [-0.05, 0) is 89.8 Å². The van der Waals surface area contributed by atoms with Crippen molar-refractivity contribution >= 4 is 17.2 Å². The molecule has 178 valence electrons. The number of hydrogen-bond donors (Lipinski definition) is 2. The third-order valence-electron chi connectivity index (χ3n) is 6.09. The maximum absolute atomic E-state index is 13.0. The minimum Gasteiger partial charge on any atom is -0.370 e. The summed E-state index contributed by atoms with van der Waals surface area (Å²) in [5, 5.41) is 2.83. The number of anilines is 1. The van der Waals surface area contributed by atoms with Gasteiger partial charge in [0.05, 0.1) is 24.0 Å². The first-order valence-electron chi connectivity index (χ1n) is 13.7. The number of aromatic amines is 1. The summed E-state index contributed by atoms with van der Waals surface area (Å²) in [6.07, 6.45) is 0.262. The molecular formula is C27H38N4O2. The zero-order valence-electron chi connectivity index (χ0n) is 24.7. The third kappa shape index (κ3) is 5.55. The van der Waals surface area contributed by atoms with Crippen molar-refractivity contribution in [3.05, 3.63) is 47.3 Å². The van der Waals surface area contributed by atoms with Crippen LogP contribution in [0.4, 0.5) is 5.69 Å². The number of ether oxygens (including phenoxy) is 1. The normalized spacial score (nSPS) is 27.8. The van der Waals surface area contributed by atoms with Crippen LogP contribution in [-0.4, -0.2) is 32.1 Å². The summed E-state index contributed by atoms with van der Waals surface area (Å²) in [6, 6.07) is 3.48. The van der Waals surface area contributed by atoms with Gasteiger partial charge in [0.1, 0.15) is 0 Å². The molecule has 1 atom stereocenters. The molecule has 1 aliphatic heterocycles. The molecule has 0 radical (unpaired) electrons. The highest BCUT2D eigenvalue weighted by Gasteiger charge is 2.40. The Morgan fingerprint density at radius 1 is 1.21 bits per heavy atom. The van der Waals surface area contributed by atoms with Crippen LogP contribution in [0.25, 0.3) is 5.57 Å². The van der Waals surface area contributed by atoms with E-state index in [1.807, 2.05) is 19.9 Å². The number of amides is 1. The number of carbonyl (C=O) groups excluding carboxylic acids is 1. The highest BCUT2D eigenvalue weighted by Crippen LogP contribution is 2.44. The largest absolute Gasteiger partial charge is 0.370 e. The second kappa shape index (κ2) is 8.39. The summed E-state index contributed by atoms with van der Waals surface area (Å²) in [5.74, 6) is -0.308. The predicted molar refractivity (Wildman–Crippen MR) is 132 cm³/mol. The lowest BCUT2D eigenvalue weighted by Crippen LogP contribution is -2.44. The molecular weight excluding hydrogens is 412 g/mol. The van der Waals surface area contributed by atoms with E-state index in [0.717, 1.165) is 24.2 Å². The SMILES string of the molecule is [2H]C1=C(c2nc(C3CC(C)(C)OC(C)(C)C3)ccc2NC(=O)c2ncc(C)[nH]2)C([2H])([2H])CC(C)(C)C1[2H]. The van der Waals surface area contributed by atoms with Crippen molar-refractivity contribution in [2.75, 3.05) is 5.32 Å². The Bertz CT molecular complexity index is 1230. The van der Waals surface area contributed by atoms with Gasteiger partial charge < -0.3 is 15.0 Å². The highest BCUT2D eigenvalue weighted by atomic mass is 16.5. The lowest BCUT2D eigenvalue weighted by Gasteiger charge is -2.45. The van der Waals surface area contributed by atoms with E-state index in [1.165, 1.54) is 0 Å². The Morgan fingerprint density at radius 2 is 1.91 bits per heavy atom. The van der Waals surface area contributed by atoms with Gasteiger partial charge in [-0.15, -0.1) is 0 Å². The Hall–Kier alpha value is -2.47. The fourth-order valence-electron chi connectivity index (χ4n) is 4.84. The van der Waals surface area contributed by atoms with Gasteiger partial charge in [-0.25, -0.2) is 4.98 Å². The van der Waals surface area contributed by atoms with E-state index in [2.05, 4.69) is 43.0 Å². The van der Waals surface area contributed by atoms with E-state index < -0.39 is 24.1 Å². The van der Waals surface area contributed by atoms with Crippen molar-refractivity contribution in [2.24, 2.45) is 5.41 Å². The first-order valence-corrected chi connectivity index (χ1v) is 11.6. The van der Waals surface area contributed by atoms with Gasteiger partial charge in [-0.3, -0.25) is 9.78 Å². The topological polar surface area (TPSA) is 79.9 Å². The summed E-state index contributed by atoms with van der Waals surface area (Å²) in [7, 11) is 0. The Labute approximate surface area is 203 Å². The van der Waals surface area contributed by atoms with E-state index in [4.69, 9.17) is 15.2 Å². The second-order valence-corrected chi connectivity index (χ2v) is 11.2. The Balaban J connectivity index is 1.85. The number of rotatable bonds is 4. The predicted octanol–water partition coefficient (Wildman–Crippen LogP) is 6.41. The van der Waals surface area contributed by atoms with Crippen LogP contribution < -0.4 is 5.32 Å². The molecule has 2 aromatic heterocycles. The van der Waals surface area contributed by atoms with Crippen LogP contribution in [0, 0.1) is 12.3 Å². The van der Waals surface area contributed by atoms with Crippen molar-refractivity contribution in [2.45, 2.75) is 97.6 Å². The maximum atomic E-state index is 13.0. The highest BCUT2D eigenvalue weighted by molar-refractivity contribution is 6.03. The number of nitrogens with one attached hydrogen (secondary N) is 2. The summed E-state index contributed by atoms with van der Waals surface area (Å²) in [5.41, 5.74) is 0.609. The average molecular weight is 455 g/mol. The monoisotopic (exact) mass is 454 g/mol.